The third kappa shape index (κ3) is 3.33. The lowest BCUT2D eigenvalue weighted by Crippen LogP contribution is -1.99. The van der Waals surface area contributed by atoms with E-state index in [-0.39, 0.29) is 0 Å². The molecule has 0 aliphatic heterocycles. The molecule has 138 valence electrons. The molecule has 0 amide bonds. The third-order valence-electron chi connectivity index (χ3n) is 4.44. The predicted octanol–water partition coefficient (Wildman–Crippen LogP) is 5.35. The average Bonchev–Trinajstić information content (AvgIpc) is 3.14. The van der Waals surface area contributed by atoms with Crippen molar-refractivity contribution < 1.29 is 0 Å². The maximum Gasteiger partial charge on any atom is 0.191 e. The second kappa shape index (κ2) is 7.19. The van der Waals surface area contributed by atoms with Gasteiger partial charge in [-0.3, -0.25) is 4.40 Å². The molecule has 0 N–H and O–H groups in total. The quantitative estimate of drug-likeness (QED) is 0.420. The fourth-order valence-electron chi connectivity index (χ4n) is 3.01. The Morgan fingerprint density at radius 2 is 1.93 bits per heavy atom. The van der Waals surface area contributed by atoms with Gasteiger partial charge >= 0.3 is 0 Å². The van der Waals surface area contributed by atoms with Crippen molar-refractivity contribution in [2.45, 2.75) is 24.8 Å². The van der Waals surface area contributed by atoms with E-state index in [2.05, 4.69) is 27.6 Å². The molecule has 0 unspecified atom stereocenters. The highest BCUT2D eigenvalue weighted by atomic mass is 35.5. The normalized spacial score (nSPS) is 11.4. The van der Waals surface area contributed by atoms with E-state index in [9.17, 15) is 0 Å². The van der Waals surface area contributed by atoms with Crippen molar-refractivity contribution in [1.82, 2.24) is 24.1 Å². The van der Waals surface area contributed by atoms with E-state index < -0.39 is 0 Å². The molecule has 1 aromatic carbocycles. The van der Waals surface area contributed by atoms with Crippen LogP contribution >= 0.6 is 35.0 Å². The van der Waals surface area contributed by atoms with E-state index in [1.165, 1.54) is 0 Å². The fraction of sp³-hybridized carbons (Fsp3) is 0.211. The first-order valence-electron chi connectivity index (χ1n) is 8.36. The van der Waals surface area contributed by atoms with Crippen LogP contribution in [-0.2, 0) is 12.8 Å². The first kappa shape index (κ1) is 18.3. The molecule has 0 saturated carbocycles. The van der Waals surface area contributed by atoms with Gasteiger partial charge in [-0.1, -0.05) is 47.1 Å². The van der Waals surface area contributed by atoms with E-state index in [0.29, 0.717) is 15.8 Å². The number of hydrogen-bond acceptors (Lipinski definition) is 4. The summed E-state index contributed by atoms with van der Waals surface area (Å²) in [7, 11) is 1.97. The highest BCUT2D eigenvalue weighted by Gasteiger charge is 2.19. The van der Waals surface area contributed by atoms with Gasteiger partial charge in [0.15, 0.2) is 11.0 Å². The number of benzene rings is 1. The number of thioether (sulfide) groups is 1. The molecule has 3 heterocycles. The number of fused-ring (bicyclic) bond motifs is 1. The smallest absolute Gasteiger partial charge is 0.191 e. The minimum absolute atomic E-state index is 0.632. The van der Waals surface area contributed by atoms with Crippen LogP contribution in [0.15, 0.2) is 41.7 Å². The number of nitrogens with zero attached hydrogens (tertiary/aromatic N) is 5. The zero-order valence-corrected chi connectivity index (χ0v) is 17.4. The van der Waals surface area contributed by atoms with Gasteiger partial charge in [0.2, 0.25) is 0 Å². The maximum absolute atomic E-state index is 6.27. The summed E-state index contributed by atoms with van der Waals surface area (Å²) in [6.45, 7) is 4.05. The van der Waals surface area contributed by atoms with Crippen molar-refractivity contribution >= 4 is 40.6 Å². The summed E-state index contributed by atoms with van der Waals surface area (Å²) in [5.74, 6) is 1.48. The monoisotopic (exact) mass is 417 g/mol. The minimum atomic E-state index is 0.632. The molecular formula is C19H17Cl2N5S. The zero-order chi connectivity index (χ0) is 19.1. The van der Waals surface area contributed by atoms with Crippen molar-refractivity contribution in [2.24, 2.45) is 7.05 Å². The molecule has 0 radical (unpaired) electrons. The molecule has 4 rings (SSSR count). The van der Waals surface area contributed by atoms with Crippen LogP contribution in [0, 0.1) is 13.8 Å². The topological polar surface area (TPSA) is 48.0 Å². The largest absolute Gasteiger partial charge is 0.304 e. The number of imidazole rings is 1. The molecule has 8 heteroatoms. The summed E-state index contributed by atoms with van der Waals surface area (Å²) in [6, 6.07) is 9.61. The van der Waals surface area contributed by atoms with E-state index in [4.69, 9.17) is 28.2 Å². The van der Waals surface area contributed by atoms with E-state index in [1.807, 2.05) is 42.9 Å². The predicted molar refractivity (Wildman–Crippen MR) is 111 cm³/mol. The van der Waals surface area contributed by atoms with Crippen LogP contribution in [0.2, 0.25) is 10.0 Å². The van der Waals surface area contributed by atoms with Crippen LogP contribution < -0.4 is 0 Å². The Bertz CT molecular complexity index is 1150. The SMILES string of the molecule is Cc1nc2c(C)cccn2c1-c1nnc(SCc2ccc(Cl)cc2Cl)n1C. The fourth-order valence-corrected chi connectivity index (χ4v) is 4.48. The van der Waals surface area contributed by atoms with Crippen molar-refractivity contribution in [2.75, 3.05) is 0 Å². The van der Waals surface area contributed by atoms with Crippen LogP contribution in [0.25, 0.3) is 17.2 Å². The molecule has 3 aromatic heterocycles. The number of hydrogen-bond donors (Lipinski definition) is 0. The summed E-state index contributed by atoms with van der Waals surface area (Å²) in [4.78, 5) is 4.70. The highest BCUT2D eigenvalue weighted by Crippen LogP contribution is 2.30. The van der Waals surface area contributed by atoms with Gasteiger partial charge in [-0.15, -0.1) is 10.2 Å². The van der Waals surface area contributed by atoms with Gasteiger partial charge in [0.25, 0.3) is 0 Å². The second-order valence-corrected chi connectivity index (χ2v) is 8.11. The first-order valence-corrected chi connectivity index (χ1v) is 10.1. The molecule has 0 aliphatic carbocycles. The van der Waals surface area contributed by atoms with Crippen LogP contribution in [0.5, 0.6) is 0 Å². The highest BCUT2D eigenvalue weighted by molar-refractivity contribution is 7.98. The van der Waals surface area contributed by atoms with Crippen LogP contribution in [-0.4, -0.2) is 24.1 Å². The summed E-state index contributed by atoms with van der Waals surface area (Å²) in [6.07, 6.45) is 2.01. The summed E-state index contributed by atoms with van der Waals surface area (Å²) in [5, 5.41) is 10.9. The molecule has 0 aliphatic rings. The Labute approximate surface area is 171 Å². The first-order chi connectivity index (χ1) is 13.0. The number of aromatic nitrogens is 5. The Balaban J connectivity index is 1.67. The minimum Gasteiger partial charge on any atom is -0.304 e. The standard InChI is InChI=1S/C19H17Cl2N5S/c1-11-5-4-8-26-16(12(2)22-17(11)26)18-23-24-19(25(18)3)27-10-13-6-7-14(20)9-15(13)21/h4-9H,10H2,1-3H3. The zero-order valence-electron chi connectivity index (χ0n) is 15.1. The van der Waals surface area contributed by atoms with Gasteiger partial charge < -0.3 is 4.57 Å². The Kier molecular flexibility index (Phi) is 4.88. The summed E-state index contributed by atoms with van der Waals surface area (Å²) >= 11 is 13.8. The lowest BCUT2D eigenvalue weighted by atomic mass is 10.2. The molecule has 0 fully saturated rings. The van der Waals surface area contributed by atoms with Crippen LogP contribution in [0.3, 0.4) is 0 Å². The van der Waals surface area contributed by atoms with Gasteiger partial charge in [-0.25, -0.2) is 4.98 Å². The maximum atomic E-state index is 6.27. The number of rotatable bonds is 4. The van der Waals surface area contributed by atoms with E-state index in [1.54, 1.807) is 17.8 Å². The van der Waals surface area contributed by atoms with Crippen LogP contribution in [0.4, 0.5) is 0 Å². The molecule has 0 spiro atoms. The van der Waals surface area contributed by atoms with Gasteiger partial charge in [0.1, 0.15) is 11.3 Å². The summed E-state index contributed by atoms with van der Waals surface area (Å²) < 4.78 is 4.06. The van der Waals surface area contributed by atoms with Crippen LogP contribution in [0.1, 0.15) is 16.8 Å². The van der Waals surface area contributed by atoms with Crippen molar-refractivity contribution in [1.29, 1.82) is 0 Å². The van der Waals surface area contributed by atoms with Crippen molar-refractivity contribution in [3.8, 4) is 11.5 Å². The molecule has 5 nitrogen and oxygen atoms in total. The molecule has 0 saturated heterocycles. The Hall–Kier alpha value is -2.02. The van der Waals surface area contributed by atoms with Gasteiger partial charge in [-0.05, 0) is 43.2 Å². The molecule has 4 aromatic rings. The van der Waals surface area contributed by atoms with Gasteiger partial charge in [0, 0.05) is 29.0 Å². The van der Waals surface area contributed by atoms with E-state index in [0.717, 1.165) is 39.1 Å². The molecule has 27 heavy (non-hydrogen) atoms. The third-order valence-corrected chi connectivity index (χ3v) is 6.09. The number of pyridine rings is 1. The van der Waals surface area contributed by atoms with Gasteiger partial charge in [0.05, 0.1) is 5.69 Å². The Morgan fingerprint density at radius 1 is 1.11 bits per heavy atom. The van der Waals surface area contributed by atoms with Crippen molar-refractivity contribution in [3.63, 3.8) is 0 Å². The van der Waals surface area contributed by atoms with Gasteiger partial charge in [-0.2, -0.15) is 0 Å². The second-order valence-electron chi connectivity index (χ2n) is 6.32. The summed E-state index contributed by atoms with van der Waals surface area (Å²) in [5.41, 5.74) is 4.96. The van der Waals surface area contributed by atoms with E-state index >= 15 is 0 Å². The number of aryl methyl sites for hydroxylation is 2. The molecular weight excluding hydrogens is 401 g/mol. The molecule has 0 atom stereocenters. The lowest BCUT2D eigenvalue weighted by molar-refractivity contribution is 0.791. The lowest BCUT2D eigenvalue weighted by Gasteiger charge is -2.06. The Morgan fingerprint density at radius 3 is 2.70 bits per heavy atom. The molecule has 0 bridgehead atoms. The average molecular weight is 418 g/mol. The van der Waals surface area contributed by atoms with Crippen molar-refractivity contribution in [3.05, 3.63) is 63.4 Å². The number of halogens is 2.